The minimum Gasteiger partial charge on any atom is -0.387 e. The lowest BCUT2D eigenvalue weighted by molar-refractivity contribution is 0.181. The Kier molecular flexibility index (Phi) is 10.3. The molecule has 0 saturated heterocycles. The topological polar surface area (TPSA) is 87.4 Å². The van der Waals surface area contributed by atoms with Gasteiger partial charge in [-0.05, 0) is 34.6 Å². The fourth-order valence-electron chi connectivity index (χ4n) is 3.36. The van der Waals surface area contributed by atoms with Crippen molar-refractivity contribution in [3.8, 4) is 0 Å². The Morgan fingerprint density at radius 3 is 2.45 bits per heavy atom. The molecule has 0 aliphatic heterocycles. The summed E-state index contributed by atoms with van der Waals surface area (Å²) in [6.07, 6.45) is 2.63. The van der Waals surface area contributed by atoms with E-state index in [9.17, 15) is 5.11 Å². The molecule has 0 aliphatic rings. The lowest BCUT2D eigenvalue weighted by Gasteiger charge is -2.20. The summed E-state index contributed by atoms with van der Waals surface area (Å²) in [6.45, 7) is 10.9. The van der Waals surface area contributed by atoms with Gasteiger partial charge >= 0.3 is 0 Å². The van der Waals surface area contributed by atoms with Crippen LogP contribution < -0.4 is 10.6 Å². The highest BCUT2D eigenvalue weighted by molar-refractivity contribution is 14.0. The van der Waals surface area contributed by atoms with Crippen molar-refractivity contribution in [3.63, 3.8) is 0 Å². The van der Waals surface area contributed by atoms with Crippen LogP contribution in [0.25, 0.3) is 0 Å². The summed E-state index contributed by atoms with van der Waals surface area (Å²) in [4.78, 5) is 8.67. The normalized spacial score (nSPS) is 12.7. The average molecular weight is 563 g/mol. The van der Waals surface area contributed by atoms with Crippen LogP contribution in [0.3, 0.4) is 0 Å². The molecule has 3 aromatic rings. The predicted octanol–water partition coefficient (Wildman–Crippen LogP) is 4.03. The zero-order chi connectivity index (χ0) is 23.0. The van der Waals surface area contributed by atoms with Gasteiger partial charge in [-0.2, -0.15) is 5.10 Å². The molecular formula is C25H35IN6O. The molecule has 3 N–H and O–H groups in total. The largest absolute Gasteiger partial charge is 0.387 e. The smallest absolute Gasteiger partial charge is 0.191 e. The summed E-state index contributed by atoms with van der Waals surface area (Å²) in [5.74, 6) is 0.680. The molecule has 1 unspecified atom stereocenters. The van der Waals surface area contributed by atoms with Crippen LogP contribution in [0.4, 0.5) is 0 Å². The Bertz CT molecular complexity index is 996. The molecule has 0 fully saturated rings. The Morgan fingerprint density at radius 2 is 1.82 bits per heavy atom. The molecule has 2 aromatic carbocycles. The number of rotatable bonds is 8. The molecule has 3 rings (SSSR count). The Balaban J connectivity index is 0.00000385. The molecule has 0 bridgehead atoms. The molecule has 1 atom stereocenters. The standard InChI is InChI=1S/C25H34N6O.HI/c1-5-27-24(29-15-23(32)21-9-11-22(12-10-21)25(2,3)4)28-14-19-7-6-8-20(13-19)16-31-18-26-17-30-31;/h6-13,17-18,23,32H,5,14-16H2,1-4H3,(H2,27,28,29);1H. The minimum atomic E-state index is -0.612. The van der Waals surface area contributed by atoms with Crippen molar-refractivity contribution in [1.82, 2.24) is 25.4 Å². The number of aliphatic hydroxyl groups is 1. The van der Waals surface area contributed by atoms with Crippen molar-refractivity contribution in [2.45, 2.75) is 52.3 Å². The summed E-state index contributed by atoms with van der Waals surface area (Å²) in [6, 6.07) is 16.5. The van der Waals surface area contributed by atoms with E-state index in [0.717, 1.165) is 23.2 Å². The molecule has 0 radical (unpaired) electrons. The van der Waals surface area contributed by atoms with Gasteiger partial charge in [0.2, 0.25) is 0 Å². The Morgan fingerprint density at radius 1 is 1.09 bits per heavy atom. The number of nitrogens with one attached hydrogen (secondary N) is 2. The van der Waals surface area contributed by atoms with Gasteiger partial charge in [-0.15, -0.1) is 24.0 Å². The van der Waals surface area contributed by atoms with Crippen molar-refractivity contribution in [3.05, 3.63) is 83.4 Å². The molecular weight excluding hydrogens is 527 g/mol. The lowest BCUT2D eigenvalue weighted by atomic mass is 9.86. The van der Waals surface area contributed by atoms with E-state index in [1.54, 1.807) is 11.0 Å². The number of hydrogen-bond acceptors (Lipinski definition) is 4. The summed E-state index contributed by atoms with van der Waals surface area (Å²) in [7, 11) is 0. The molecule has 0 amide bonds. The Hall–Kier alpha value is -2.46. The van der Waals surface area contributed by atoms with Crippen LogP contribution in [-0.4, -0.2) is 38.9 Å². The van der Waals surface area contributed by atoms with E-state index < -0.39 is 6.10 Å². The number of nitrogens with zero attached hydrogens (tertiary/aromatic N) is 4. The minimum absolute atomic E-state index is 0. The number of aromatic nitrogens is 3. The van der Waals surface area contributed by atoms with Gasteiger partial charge in [-0.1, -0.05) is 69.3 Å². The quantitative estimate of drug-likeness (QED) is 0.219. The third-order valence-electron chi connectivity index (χ3n) is 5.19. The fourth-order valence-corrected chi connectivity index (χ4v) is 3.36. The van der Waals surface area contributed by atoms with Gasteiger partial charge in [0, 0.05) is 13.1 Å². The fraction of sp³-hybridized carbons (Fsp3) is 0.400. The van der Waals surface area contributed by atoms with E-state index in [4.69, 9.17) is 0 Å². The van der Waals surface area contributed by atoms with Crippen molar-refractivity contribution in [2.75, 3.05) is 13.1 Å². The molecule has 1 aromatic heterocycles. The number of aliphatic imine (C=N–C) groups is 1. The second-order valence-electron chi connectivity index (χ2n) is 8.88. The number of guanidine groups is 1. The summed E-state index contributed by atoms with van der Waals surface area (Å²) in [5.41, 5.74) is 4.50. The maximum absolute atomic E-state index is 10.6. The van der Waals surface area contributed by atoms with E-state index in [-0.39, 0.29) is 29.4 Å². The highest BCUT2D eigenvalue weighted by atomic mass is 127. The average Bonchev–Trinajstić information content (AvgIpc) is 3.28. The molecule has 33 heavy (non-hydrogen) atoms. The summed E-state index contributed by atoms with van der Waals surface area (Å²) >= 11 is 0. The van der Waals surface area contributed by atoms with Crippen LogP contribution in [0.15, 0.2) is 66.2 Å². The highest BCUT2D eigenvalue weighted by Gasteiger charge is 2.15. The van der Waals surface area contributed by atoms with E-state index in [0.29, 0.717) is 25.6 Å². The SMILES string of the molecule is CCNC(=NCc1cccc(Cn2cncn2)c1)NCC(O)c1ccc(C(C)(C)C)cc1.I. The van der Waals surface area contributed by atoms with Crippen molar-refractivity contribution in [1.29, 1.82) is 0 Å². The van der Waals surface area contributed by atoms with E-state index >= 15 is 0 Å². The highest BCUT2D eigenvalue weighted by Crippen LogP contribution is 2.23. The van der Waals surface area contributed by atoms with Crippen LogP contribution in [-0.2, 0) is 18.5 Å². The third kappa shape index (κ3) is 8.43. The predicted molar refractivity (Wildman–Crippen MR) is 144 cm³/mol. The third-order valence-corrected chi connectivity index (χ3v) is 5.19. The Labute approximate surface area is 213 Å². The van der Waals surface area contributed by atoms with Gasteiger partial charge in [-0.25, -0.2) is 14.7 Å². The molecule has 0 spiro atoms. The summed E-state index contributed by atoms with van der Waals surface area (Å²) in [5, 5.41) is 21.3. The number of halogens is 1. The van der Waals surface area contributed by atoms with Crippen LogP contribution in [0, 0.1) is 0 Å². The molecule has 178 valence electrons. The van der Waals surface area contributed by atoms with Gasteiger partial charge in [0.05, 0.1) is 19.2 Å². The number of aliphatic hydroxyl groups excluding tert-OH is 1. The zero-order valence-corrected chi connectivity index (χ0v) is 22.2. The van der Waals surface area contributed by atoms with Crippen LogP contribution >= 0.6 is 24.0 Å². The first-order valence-electron chi connectivity index (χ1n) is 11.1. The van der Waals surface area contributed by atoms with Crippen molar-refractivity contribution in [2.24, 2.45) is 4.99 Å². The number of benzene rings is 2. The maximum atomic E-state index is 10.6. The lowest BCUT2D eigenvalue weighted by Crippen LogP contribution is -2.39. The second-order valence-corrected chi connectivity index (χ2v) is 8.88. The molecule has 1 heterocycles. The molecule has 7 nitrogen and oxygen atoms in total. The van der Waals surface area contributed by atoms with Crippen LogP contribution in [0.1, 0.15) is 56.1 Å². The second kappa shape index (κ2) is 12.7. The van der Waals surface area contributed by atoms with E-state index in [1.165, 1.54) is 11.9 Å². The molecule has 0 aliphatic carbocycles. The monoisotopic (exact) mass is 562 g/mol. The van der Waals surface area contributed by atoms with Gasteiger partial charge in [0.25, 0.3) is 0 Å². The van der Waals surface area contributed by atoms with Gasteiger partial charge in [0.1, 0.15) is 12.7 Å². The summed E-state index contributed by atoms with van der Waals surface area (Å²) < 4.78 is 1.80. The van der Waals surface area contributed by atoms with Gasteiger partial charge in [-0.3, -0.25) is 0 Å². The van der Waals surface area contributed by atoms with E-state index in [1.807, 2.05) is 25.1 Å². The first-order valence-corrected chi connectivity index (χ1v) is 11.1. The van der Waals surface area contributed by atoms with Crippen molar-refractivity contribution < 1.29 is 5.11 Å². The molecule has 0 saturated carbocycles. The first kappa shape index (κ1) is 26.8. The maximum Gasteiger partial charge on any atom is 0.191 e. The van der Waals surface area contributed by atoms with Gasteiger partial charge in [0.15, 0.2) is 5.96 Å². The van der Waals surface area contributed by atoms with Crippen LogP contribution in [0.5, 0.6) is 0 Å². The number of hydrogen-bond donors (Lipinski definition) is 3. The van der Waals surface area contributed by atoms with Gasteiger partial charge < -0.3 is 15.7 Å². The molecule has 8 heteroatoms. The first-order chi connectivity index (χ1) is 15.3. The van der Waals surface area contributed by atoms with Crippen molar-refractivity contribution >= 4 is 29.9 Å². The van der Waals surface area contributed by atoms with Crippen LogP contribution in [0.2, 0.25) is 0 Å². The van der Waals surface area contributed by atoms with E-state index in [2.05, 4.69) is 76.8 Å². The zero-order valence-electron chi connectivity index (χ0n) is 19.8.